The van der Waals surface area contributed by atoms with Gasteiger partial charge in [0.1, 0.15) is 11.4 Å². The number of benzene rings is 1. The lowest BCUT2D eigenvalue weighted by atomic mass is 9.45. The molecule has 0 radical (unpaired) electrons. The second-order valence-electron chi connectivity index (χ2n) is 12.0. The summed E-state index contributed by atoms with van der Waals surface area (Å²) in [5, 5.41) is 23.3. The number of ketones is 1. The van der Waals surface area contributed by atoms with Crippen LogP contribution in [0.25, 0.3) is 0 Å². The number of aliphatic hydroxyl groups excluding tert-OH is 1. The Balaban J connectivity index is 1.47. The van der Waals surface area contributed by atoms with Gasteiger partial charge >= 0.3 is 11.9 Å². The molecule has 0 spiro atoms. The molecule has 5 rings (SSSR count). The molecular formula is C31H35FO7. The number of fused-ring (bicyclic) bond motifs is 5. The zero-order valence-electron chi connectivity index (χ0n) is 22.6. The number of carbonyl (C=O) groups is 3. The van der Waals surface area contributed by atoms with Gasteiger partial charge < -0.3 is 19.7 Å². The Morgan fingerprint density at radius 1 is 1.13 bits per heavy atom. The lowest BCUT2D eigenvalue weighted by Crippen LogP contribution is -2.69. The van der Waals surface area contributed by atoms with Crippen molar-refractivity contribution in [1.29, 1.82) is 0 Å². The molecule has 8 heteroatoms. The van der Waals surface area contributed by atoms with Gasteiger partial charge in [-0.05, 0) is 67.9 Å². The summed E-state index contributed by atoms with van der Waals surface area (Å²) in [6.07, 6.45) is 5.83. The van der Waals surface area contributed by atoms with Crippen LogP contribution in [0, 0.1) is 28.6 Å². The number of halogens is 1. The number of Topliss-reactive ketones (excluding diaryl/α,β-unsaturated/α-hetero) is 1. The van der Waals surface area contributed by atoms with Crippen molar-refractivity contribution >= 4 is 17.7 Å². The third-order valence-electron chi connectivity index (χ3n) is 10.1. The van der Waals surface area contributed by atoms with Gasteiger partial charge in [-0.25, -0.2) is 9.18 Å². The zero-order chi connectivity index (χ0) is 28.4. The van der Waals surface area contributed by atoms with Crippen LogP contribution in [0.3, 0.4) is 0 Å². The van der Waals surface area contributed by atoms with E-state index < -0.39 is 70.3 Å². The third-order valence-corrected chi connectivity index (χ3v) is 10.1. The second kappa shape index (κ2) is 9.24. The molecule has 0 aromatic heterocycles. The van der Waals surface area contributed by atoms with Gasteiger partial charge in [-0.1, -0.05) is 44.2 Å². The first-order valence-corrected chi connectivity index (χ1v) is 13.4. The smallest absolute Gasteiger partial charge is 0.343 e. The molecule has 2 N–H and O–H groups in total. The predicted octanol–water partition coefficient (Wildman–Crippen LogP) is 4.25. The Hall–Kier alpha value is -3.10. The molecule has 1 aromatic rings. The molecule has 2 unspecified atom stereocenters. The van der Waals surface area contributed by atoms with Crippen molar-refractivity contribution in [3.63, 3.8) is 0 Å². The van der Waals surface area contributed by atoms with E-state index in [1.54, 1.807) is 69.3 Å². The number of hydrogen-bond donors (Lipinski definition) is 2. The van der Waals surface area contributed by atoms with Gasteiger partial charge in [0.2, 0.25) is 5.78 Å². The molecule has 39 heavy (non-hydrogen) atoms. The molecule has 1 aromatic carbocycles. The molecule has 0 aliphatic heterocycles. The maximum absolute atomic E-state index is 17.5. The van der Waals surface area contributed by atoms with Gasteiger partial charge in [0, 0.05) is 23.7 Å². The molecule has 2 saturated carbocycles. The summed E-state index contributed by atoms with van der Waals surface area (Å²) in [4.78, 5) is 37.1. The number of allylic oxidation sites excluding steroid dienone is 5. The molecule has 4 aliphatic rings. The summed E-state index contributed by atoms with van der Waals surface area (Å²) in [6, 6.07) is 8.58. The monoisotopic (exact) mass is 538 g/mol. The minimum absolute atomic E-state index is 0.131. The van der Waals surface area contributed by atoms with E-state index in [-0.39, 0.29) is 18.6 Å². The van der Waals surface area contributed by atoms with Crippen molar-refractivity contribution in [2.45, 2.75) is 64.3 Å². The quantitative estimate of drug-likeness (QED) is 0.540. The first kappa shape index (κ1) is 27.5. The maximum Gasteiger partial charge on any atom is 0.343 e. The number of rotatable bonds is 5. The summed E-state index contributed by atoms with van der Waals surface area (Å²) in [7, 11) is 0. The van der Waals surface area contributed by atoms with Crippen molar-refractivity contribution in [2.75, 3.05) is 6.61 Å². The Bertz CT molecular complexity index is 1300. The summed E-state index contributed by atoms with van der Waals surface area (Å²) < 4.78 is 28.0. The highest BCUT2D eigenvalue weighted by Crippen LogP contribution is 2.70. The Labute approximate surface area is 227 Å². The highest BCUT2D eigenvalue weighted by Gasteiger charge is 2.75. The van der Waals surface area contributed by atoms with Crippen molar-refractivity contribution in [3.05, 3.63) is 71.5 Å². The van der Waals surface area contributed by atoms with E-state index in [9.17, 15) is 24.6 Å². The summed E-state index contributed by atoms with van der Waals surface area (Å²) in [5.74, 6) is -3.10. The van der Waals surface area contributed by atoms with Crippen molar-refractivity contribution in [2.24, 2.45) is 28.6 Å². The molecule has 2 fully saturated rings. The number of aliphatic hydroxyl groups is 2. The van der Waals surface area contributed by atoms with Crippen LogP contribution in [0.5, 0.6) is 0 Å². The van der Waals surface area contributed by atoms with Crippen LogP contribution >= 0.6 is 0 Å². The number of esters is 2. The maximum atomic E-state index is 17.5. The van der Waals surface area contributed by atoms with Gasteiger partial charge in [-0.15, -0.1) is 0 Å². The Kier molecular flexibility index (Phi) is 6.50. The average molecular weight is 539 g/mol. The summed E-state index contributed by atoms with van der Waals surface area (Å²) >= 11 is 0. The first-order chi connectivity index (χ1) is 18.3. The number of hydrogen-bond acceptors (Lipinski definition) is 7. The van der Waals surface area contributed by atoms with Crippen LogP contribution in [0.4, 0.5) is 4.39 Å². The highest BCUT2D eigenvalue weighted by atomic mass is 19.1. The van der Waals surface area contributed by atoms with Gasteiger partial charge in [-0.2, -0.15) is 0 Å². The van der Waals surface area contributed by atoms with Crippen LogP contribution in [0.15, 0.2) is 66.0 Å². The SMILES string of the molecule is CC(=O)OCC(=O)[C@@]1(O)C(C)C[C@H]2[C@@H]3CC=C4C=C(OC(=O)c5ccccc5)C=C[C@]4(C)[C@@]3(F)C(O)C[C@@]21C. The van der Waals surface area contributed by atoms with Gasteiger partial charge in [-0.3, -0.25) is 9.59 Å². The summed E-state index contributed by atoms with van der Waals surface area (Å²) in [6.45, 7) is 5.85. The minimum atomic E-state index is -2.09. The lowest BCUT2D eigenvalue weighted by molar-refractivity contribution is -0.214. The van der Waals surface area contributed by atoms with E-state index in [2.05, 4.69) is 0 Å². The highest BCUT2D eigenvalue weighted by molar-refractivity contribution is 5.91. The topological polar surface area (TPSA) is 110 Å². The van der Waals surface area contributed by atoms with Crippen LogP contribution < -0.4 is 0 Å². The molecule has 0 heterocycles. The zero-order valence-corrected chi connectivity index (χ0v) is 22.6. The van der Waals surface area contributed by atoms with E-state index in [4.69, 9.17) is 9.47 Å². The van der Waals surface area contributed by atoms with Gasteiger partial charge in [0.25, 0.3) is 0 Å². The van der Waals surface area contributed by atoms with E-state index in [0.717, 1.165) is 0 Å². The number of alkyl halides is 1. The molecule has 7 nitrogen and oxygen atoms in total. The molecule has 0 bridgehead atoms. The van der Waals surface area contributed by atoms with Crippen LogP contribution in [0.2, 0.25) is 0 Å². The van der Waals surface area contributed by atoms with Crippen LogP contribution in [0.1, 0.15) is 57.3 Å². The fourth-order valence-corrected chi connectivity index (χ4v) is 7.97. The minimum Gasteiger partial charge on any atom is -0.458 e. The van der Waals surface area contributed by atoms with Gasteiger partial charge in [0.05, 0.1) is 11.7 Å². The fourth-order valence-electron chi connectivity index (χ4n) is 7.97. The van der Waals surface area contributed by atoms with Crippen molar-refractivity contribution in [1.82, 2.24) is 0 Å². The van der Waals surface area contributed by atoms with E-state index in [1.807, 2.05) is 6.08 Å². The second-order valence-corrected chi connectivity index (χ2v) is 12.0. The van der Waals surface area contributed by atoms with Gasteiger partial charge in [0.15, 0.2) is 12.3 Å². The predicted molar refractivity (Wildman–Crippen MR) is 140 cm³/mol. The molecule has 8 atom stereocenters. The largest absolute Gasteiger partial charge is 0.458 e. The van der Waals surface area contributed by atoms with E-state index >= 15 is 4.39 Å². The van der Waals surface area contributed by atoms with Crippen LogP contribution in [-0.4, -0.2) is 51.9 Å². The molecule has 208 valence electrons. The molecule has 0 saturated heterocycles. The summed E-state index contributed by atoms with van der Waals surface area (Å²) in [5.41, 5.74) is -5.29. The van der Waals surface area contributed by atoms with Crippen LogP contribution in [-0.2, 0) is 19.1 Å². The molecule has 4 aliphatic carbocycles. The Morgan fingerprint density at radius 2 is 1.82 bits per heavy atom. The number of ether oxygens (including phenoxy) is 2. The van der Waals surface area contributed by atoms with Crippen molar-refractivity contribution < 1.29 is 38.5 Å². The Morgan fingerprint density at radius 3 is 2.49 bits per heavy atom. The third kappa shape index (κ3) is 3.79. The fraction of sp³-hybridized carbons (Fsp3) is 0.516. The first-order valence-electron chi connectivity index (χ1n) is 13.4. The van der Waals surface area contributed by atoms with Crippen molar-refractivity contribution in [3.8, 4) is 0 Å². The normalized spacial score (nSPS) is 40.4. The molecular weight excluding hydrogens is 503 g/mol. The van der Waals surface area contributed by atoms with E-state index in [0.29, 0.717) is 17.6 Å². The molecule has 0 amide bonds. The average Bonchev–Trinajstić information content (AvgIpc) is 3.10. The number of carbonyl (C=O) groups excluding carboxylic acids is 3. The standard InChI is InChI=1S/C31H35FO7/c1-18-14-24-23-11-10-21-15-22(39-27(36)20-8-6-5-7-9-20)12-13-28(21,3)30(23,32)25(34)16-29(24,4)31(18,37)26(35)17-38-19(2)33/h5-10,12-13,15,18,23-25,34,37H,11,14,16-17H2,1-4H3/t18?,23-,24-,25?,28-,29-,30-,31-/m0/s1. The lowest BCUT2D eigenvalue weighted by Gasteiger charge is -2.61. The van der Waals surface area contributed by atoms with E-state index in [1.165, 1.54) is 6.92 Å².